The lowest BCUT2D eigenvalue weighted by molar-refractivity contribution is 0.100. The molecule has 1 heterocycles. The van der Waals surface area contributed by atoms with Crippen LogP contribution in [0.4, 0.5) is 0 Å². The van der Waals surface area contributed by atoms with E-state index in [1.807, 2.05) is 12.4 Å². The lowest BCUT2D eigenvalue weighted by Crippen LogP contribution is -2.26. The number of halogens is 1. The summed E-state index contributed by atoms with van der Waals surface area (Å²) in [7, 11) is -0.677. The summed E-state index contributed by atoms with van der Waals surface area (Å²) in [5, 5.41) is 0.355. The average Bonchev–Trinajstić information content (AvgIpc) is 2.24. The molecule has 0 N–H and O–H groups in total. The van der Waals surface area contributed by atoms with Crippen LogP contribution in [0.25, 0.3) is 0 Å². The van der Waals surface area contributed by atoms with Gasteiger partial charge in [-0.3, -0.25) is 4.98 Å². The fraction of sp³-hybridized carbons (Fsp3) is 0.615. The van der Waals surface area contributed by atoms with Crippen LogP contribution in [0.2, 0.25) is 18.1 Å². The Hall–Kier alpha value is -0.193. The molecule has 0 atom stereocenters. The number of hydrogen-bond donors (Lipinski definition) is 0. The summed E-state index contributed by atoms with van der Waals surface area (Å²) in [5.41, 5.74) is 2.39. The van der Waals surface area contributed by atoms with Gasteiger partial charge in [0.1, 0.15) is 0 Å². The van der Waals surface area contributed by atoms with Crippen molar-refractivity contribution in [2.75, 3.05) is 6.61 Å². The highest BCUT2D eigenvalue weighted by atomic mass is 79.9. The van der Waals surface area contributed by atoms with Crippen LogP contribution in [0.5, 0.6) is 0 Å². The van der Waals surface area contributed by atoms with Gasteiger partial charge < -0.3 is 4.74 Å². The predicted molar refractivity (Wildman–Crippen MR) is 79.2 cm³/mol. The quantitative estimate of drug-likeness (QED) is 0.768. The number of nitrogens with zero attached hydrogens (tertiary/aromatic N) is 1. The maximum absolute atomic E-state index is 5.86. The summed E-state index contributed by atoms with van der Waals surface area (Å²) in [6.07, 6.45) is 3.71. The van der Waals surface area contributed by atoms with Crippen LogP contribution >= 0.6 is 15.9 Å². The van der Waals surface area contributed by atoms with E-state index < -0.39 is 8.80 Å². The smallest absolute Gasteiger partial charge is 0.0734 e. The van der Waals surface area contributed by atoms with Crippen molar-refractivity contribution in [1.82, 2.24) is 4.98 Å². The van der Waals surface area contributed by atoms with E-state index in [1.54, 1.807) is 0 Å². The van der Waals surface area contributed by atoms with E-state index in [1.165, 1.54) is 11.1 Å². The Bertz CT molecular complexity index is 380. The van der Waals surface area contributed by atoms with E-state index >= 15 is 0 Å². The normalized spacial score (nSPS) is 12.2. The Morgan fingerprint density at radius 2 is 2.00 bits per heavy atom. The van der Waals surface area contributed by atoms with Gasteiger partial charge in [0.25, 0.3) is 0 Å². The second kappa shape index (κ2) is 6.11. The Morgan fingerprint density at radius 1 is 1.35 bits per heavy atom. The summed E-state index contributed by atoms with van der Waals surface area (Å²) in [4.78, 5) is 4.18. The molecule has 0 amide bonds. The average molecular weight is 316 g/mol. The van der Waals surface area contributed by atoms with Gasteiger partial charge >= 0.3 is 0 Å². The summed E-state index contributed by atoms with van der Waals surface area (Å²) in [5.74, 6) is 0. The number of aromatic nitrogens is 1. The summed E-state index contributed by atoms with van der Waals surface area (Å²) >= 11 is 3.49. The first-order chi connectivity index (χ1) is 7.84. The highest BCUT2D eigenvalue weighted by Gasteiger charge is 2.23. The highest BCUT2D eigenvalue weighted by Crippen LogP contribution is 2.29. The molecule has 17 heavy (non-hydrogen) atoms. The van der Waals surface area contributed by atoms with Crippen LogP contribution in [0.15, 0.2) is 16.9 Å². The molecule has 0 aliphatic heterocycles. The third-order valence-corrected chi connectivity index (χ3v) is 7.64. The van der Waals surface area contributed by atoms with E-state index in [9.17, 15) is 0 Å². The second-order valence-electron chi connectivity index (χ2n) is 5.54. The van der Waals surface area contributed by atoms with Crippen LogP contribution < -0.4 is 0 Å². The summed E-state index contributed by atoms with van der Waals surface area (Å²) in [6, 6.07) is 0. The molecular formula is C13H22BrNOSi. The minimum atomic E-state index is -0.677. The Morgan fingerprint density at radius 3 is 2.59 bits per heavy atom. The lowest BCUT2D eigenvalue weighted by Gasteiger charge is -2.28. The fourth-order valence-electron chi connectivity index (χ4n) is 1.28. The Balaban J connectivity index is 2.55. The third-order valence-electron chi connectivity index (χ3n) is 3.55. The van der Waals surface area contributed by atoms with Crippen LogP contribution in [-0.2, 0) is 11.3 Å². The molecule has 0 aliphatic rings. The molecule has 0 radical (unpaired) electrons. The molecule has 1 aromatic heterocycles. The Labute approximate surface area is 115 Å². The van der Waals surface area contributed by atoms with Crippen molar-refractivity contribution in [2.45, 2.75) is 45.5 Å². The third kappa shape index (κ3) is 4.19. The molecule has 0 saturated heterocycles. The van der Waals surface area contributed by atoms with Crippen LogP contribution in [0.3, 0.4) is 0 Å². The zero-order valence-corrected chi connectivity index (χ0v) is 14.1. The number of rotatable bonds is 5. The highest BCUT2D eigenvalue weighted by molar-refractivity contribution is 9.10. The zero-order chi connectivity index (χ0) is 13.1. The van der Waals surface area contributed by atoms with Crippen molar-refractivity contribution in [3.05, 3.63) is 28.0 Å². The zero-order valence-electron chi connectivity index (χ0n) is 11.4. The van der Waals surface area contributed by atoms with Crippen molar-refractivity contribution in [3.63, 3.8) is 0 Å². The Kier molecular flexibility index (Phi) is 5.35. The molecule has 0 aromatic carbocycles. The standard InChI is InChI=1S/C13H22BrNOSi/c1-10-11(6-15-7-12(10)14)8-16-9-13(2,3)17(4)5/h6-7,17H,8-9H2,1-5H3. The monoisotopic (exact) mass is 315 g/mol. The van der Waals surface area contributed by atoms with Crippen LogP contribution in [0, 0.1) is 6.92 Å². The molecule has 0 spiro atoms. The number of ether oxygens (including phenoxy) is 1. The lowest BCUT2D eigenvalue weighted by atomic mass is 10.2. The van der Waals surface area contributed by atoms with Crippen molar-refractivity contribution in [3.8, 4) is 0 Å². The molecule has 0 fully saturated rings. The van der Waals surface area contributed by atoms with Gasteiger partial charge in [-0.2, -0.15) is 0 Å². The summed E-state index contributed by atoms with van der Waals surface area (Å²) in [6.45, 7) is 12.9. The van der Waals surface area contributed by atoms with Crippen molar-refractivity contribution in [1.29, 1.82) is 0 Å². The second-order valence-corrected chi connectivity index (χ2v) is 10.3. The molecule has 0 saturated carbocycles. The van der Waals surface area contributed by atoms with Gasteiger partial charge in [-0.1, -0.05) is 26.9 Å². The topological polar surface area (TPSA) is 22.1 Å². The fourth-order valence-corrected chi connectivity index (χ4v) is 2.10. The van der Waals surface area contributed by atoms with E-state index in [0.29, 0.717) is 11.6 Å². The summed E-state index contributed by atoms with van der Waals surface area (Å²) < 4.78 is 6.91. The molecule has 0 aliphatic carbocycles. The first kappa shape index (κ1) is 14.9. The number of hydrogen-bond acceptors (Lipinski definition) is 2. The van der Waals surface area contributed by atoms with Gasteiger partial charge in [-0.25, -0.2) is 0 Å². The van der Waals surface area contributed by atoms with Gasteiger partial charge in [0.2, 0.25) is 0 Å². The molecule has 96 valence electrons. The molecule has 1 aromatic rings. The van der Waals surface area contributed by atoms with Gasteiger partial charge in [0.15, 0.2) is 0 Å². The van der Waals surface area contributed by atoms with E-state index in [-0.39, 0.29) is 0 Å². The first-order valence-electron chi connectivity index (χ1n) is 6.01. The van der Waals surface area contributed by atoms with Crippen molar-refractivity contribution >= 4 is 24.7 Å². The minimum absolute atomic E-state index is 0.355. The van der Waals surface area contributed by atoms with E-state index in [4.69, 9.17) is 4.74 Å². The van der Waals surface area contributed by atoms with Crippen molar-refractivity contribution < 1.29 is 4.74 Å². The minimum Gasteiger partial charge on any atom is -0.376 e. The molecule has 1 rings (SSSR count). The predicted octanol–water partition coefficient (Wildman–Crippen LogP) is 3.94. The molecule has 0 unspecified atom stereocenters. The van der Waals surface area contributed by atoms with Crippen molar-refractivity contribution in [2.24, 2.45) is 0 Å². The molecule has 0 bridgehead atoms. The largest absolute Gasteiger partial charge is 0.376 e. The van der Waals surface area contributed by atoms with E-state index in [2.05, 4.69) is 54.8 Å². The van der Waals surface area contributed by atoms with Crippen LogP contribution in [0.1, 0.15) is 25.0 Å². The number of pyridine rings is 1. The molecular weight excluding hydrogens is 294 g/mol. The van der Waals surface area contributed by atoms with Gasteiger partial charge in [-0.15, -0.1) is 0 Å². The maximum Gasteiger partial charge on any atom is 0.0734 e. The van der Waals surface area contributed by atoms with Crippen LogP contribution in [-0.4, -0.2) is 20.4 Å². The van der Waals surface area contributed by atoms with E-state index in [0.717, 1.165) is 11.1 Å². The molecule has 4 heteroatoms. The van der Waals surface area contributed by atoms with Gasteiger partial charge in [0, 0.05) is 37.8 Å². The van der Waals surface area contributed by atoms with Gasteiger partial charge in [-0.05, 0) is 33.5 Å². The molecule has 2 nitrogen and oxygen atoms in total. The van der Waals surface area contributed by atoms with Gasteiger partial charge in [0.05, 0.1) is 6.61 Å². The SMILES string of the molecule is Cc1c(Br)cncc1COCC(C)(C)[SiH](C)C. The maximum atomic E-state index is 5.86. The first-order valence-corrected chi connectivity index (χ1v) is 9.69.